The summed E-state index contributed by atoms with van der Waals surface area (Å²) in [6, 6.07) is 17.6. The largest absolute Gasteiger partial charge is 0.383 e. The third-order valence-electron chi connectivity index (χ3n) is 6.88. The SMILES string of the molecule is COCCN(Cc1ccccc1)C1CC(C(=O)N2CCNCC2)N(C(=O)c2ccc(C)cc2)C1. The lowest BCUT2D eigenvalue weighted by Gasteiger charge is -2.32. The van der Waals surface area contributed by atoms with Gasteiger partial charge in [0.15, 0.2) is 0 Å². The zero-order valence-electron chi connectivity index (χ0n) is 20.3. The highest BCUT2D eigenvalue weighted by molar-refractivity contribution is 5.98. The number of benzene rings is 2. The van der Waals surface area contributed by atoms with Gasteiger partial charge in [-0.1, -0.05) is 48.0 Å². The monoisotopic (exact) mass is 464 g/mol. The van der Waals surface area contributed by atoms with Gasteiger partial charge in [-0.25, -0.2) is 0 Å². The van der Waals surface area contributed by atoms with Crippen LogP contribution in [-0.2, 0) is 16.1 Å². The summed E-state index contributed by atoms with van der Waals surface area (Å²) in [4.78, 5) is 33.3. The lowest BCUT2D eigenvalue weighted by molar-refractivity contribution is -0.135. The molecule has 0 aliphatic carbocycles. The number of piperazine rings is 1. The average molecular weight is 465 g/mol. The third kappa shape index (κ3) is 5.84. The number of nitrogens with one attached hydrogen (secondary N) is 1. The topological polar surface area (TPSA) is 65.1 Å². The van der Waals surface area contributed by atoms with Crippen LogP contribution in [0, 0.1) is 6.92 Å². The van der Waals surface area contributed by atoms with Gasteiger partial charge in [-0.15, -0.1) is 0 Å². The lowest BCUT2D eigenvalue weighted by Crippen LogP contribution is -2.53. The molecule has 2 aromatic carbocycles. The number of carbonyl (C=O) groups excluding carboxylic acids is 2. The highest BCUT2D eigenvalue weighted by atomic mass is 16.5. The Kier molecular flexibility index (Phi) is 8.32. The summed E-state index contributed by atoms with van der Waals surface area (Å²) in [6.45, 7) is 7.61. The van der Waals surface area contributed by atoms with Crippen LogP contribution in [0.5, 0.6) is 0 Å². The molecule has 0 aromatic heterocycles. The van der Waals surface area contributed by atoms with Crippen LogP contribution in [0.4, 0.5) is 0 Å². The van der Waals surface area contributed by atoms with Crippen molar-refractivity contribution in [1.82, 2.24) is 20.0 Å². The molecule has 1 N–H and O–H groups in total. The van der Waals surface area contributed by atoms with Crippen LogP contribution in [0.2, 0.25) is 0 Å². The second-order valence-corrected chi connectivity index (χ2v) is 9.25. The molecule has 2 aromatic rings. The van der Waals surface area contributed by atoms with Crippen molar-refractivity contribution in [1.29, 1.82) is 0 Å². The van der Waals surface area contributed by atoms with E-state index in [0.29, 0.717) is 38.2 Å². The standard InChI is InChI=1S/C27H36N4O3/c1-21-8-10-23(11-9-21)26(32)31-20-24(18-25(31)27(33)29-14-12-28-13-15-29)30(16-17-34-2)19-22-6-4-3-5-7-22/h3-11,24-25,28H,12-20H2,1-2H3. The summed E-state index contributed by atoms with van der Waals surface area (Å²) < 4.78 is 5.39. The number of amides is 2. The van der Waals surface area contributed by atoms with E-state index in [1.165, 1.54) is 5.56 Å². The van der Waals surface area contributed by atoms with Gasteiger partial charge in [-0.05, 0) is 31.0 Å². The average Bonchev–Trinajstić information content (AvgIpc) is 3.32. The van der Waals surface area contributed by atoms with Gasteiger partial charge < -0.3 is 19.9 Å². The first-order valence-corrected chi connectivity index (χ1v) is 12.2. The van der Waals surface area contributed by atoms with Crippen molar-refractivity contribution in [3.8, 4) is 0 Å². The number of ether oxygens (including phenoxy) is 1. The third-order valence-corrected chi connectivity index (χ3v) is 6.88. The summed E-state index contributed by atoms with van der Waals surface area (Å²) in [6.07, 6.45) is 0.636. The molecule has 2 fully saturated rings. The molecular weight excluding hydrogens is 428 g/mol. The first kappa shape index (κ1) is 24.4. The number of aryl methyl sites for hydroxylation is 1. The summed E-state index contributed by atoms with van der Waals surface area (Å²) in [5.41, 5.74) is 2.96. The number of hydrogen-bond donors (Lipinski definition) is 1. The Balaban J connectivity index is 1.58. The van der Waals surface area contributed by atoms with Gasteiger partial charge in [0.25, 0.3) is 5.91 Å². The molecule has 34 heavy (non-hydrogen) atoms. The number of hydrogen-bond acceptors (Lipinski definition) is 5. The number of nitrogens with zero attached hydrogens (tertiary/aromatic N) is 3. The Labute approximate surface area is 202 Å². The molecule has 7 heteroatoms. The molecule has 2 atom stereocenters. The molecule has 0 bridgehead atoms. The fourth-order valence-corrected chi connectivity index (χ4v) is 4.91. The minimum Gasteiger partial charge on any atom is -0.383 e. The summed E-state index contributed by atoms with van der Waals surface area (Å²) in [5.74, 6) is -0.00162. The fourth-order valence-electron chi connectivity index (χ4n) is 4.91. The number of likely N-dealkylation sites (tertiary alicyclic amines) is 1. The molecular formula is C27H36N4O3. The Hall–Kier alpha value is -2.74. The van der Waals surface area contributed by atoms with Gasteiger partial charge >= 0.3 is 0 Å². The molecule has 2 saturated heterocycles. The fraction of sp³-hybridized carbons (Fsp3) is 0.481. The minimum atomic E-state index is -0.447. The van der Waals surface area contributed by atoms with Crippen molar-refractivity contribution in [2.45, 2.75) is 32.0 Å². The number of carbonyl (C=O) groups is 2. The van der Waals surface area contributed by atoms with Crippen molar-refractivity contribution >= 4 is 11.8 Å². The van der Waals surface area contributed by atoms with E-state index in [-0.39, 0.29) is 17.9 Å². The van der Waals surface area contributed by atoms with E-state index in [1.807, 2.05) is 59.2 Å². The second-order valence-electron chi connectivity index (χ2n) is 9.25. The minimum absolute atomic E-state index is 0.0656. The van der Waals surface area contributed by atoms with E-state index in [4.69, 9.17) is 4.74 Å². The maximum atomic E-state index is 13.6. The summed E-state index contributed by atoms with van der Waals surface area (Å²) >= 11 is 0. The van der Waals surface area contributed by atoms with Crippen LogP contribution in [0.25, 0.3) is 0 Å². The molecule has 2 amide bonds. The molecule has 2 aliphatic rings. The van der Waals surface area contributed by atoms with Crippen LogP contribution in [0.3, 0.4) is 0 Å². The van der Waals surface area contributed by atoms with Crippen LogP contribution < -0.4 is 5.32 Å². The predicted octanol–water partition coefficient (Wildman–Crippen LogP) is 2.16. The molecule has 4 rings (SSSR count). The van der Waals surface area contributed by atoms with Crippen molar-refractivity contribution < 1.29 is 14.3 Å². The molecule has 2 heterocycles. The molecule has 7 nitrogen and oxygen atoms in total. The predicted molar refractivity (Wildman–Crippen MR) is 133 cm³/mol. The van der Waals surface area contributed by atoms with Gasteiger partial charge in [0.2, 0.25) is 5.91 Å². The molecule has 0 saturated carbocycles. The Morgan fingerprint density at radius 2 is 1.76 bits per heavy atom. The first-order chi connectivity index (χ1) is 16.6. The van der Waals surface area contributed by atoms with Gasteiger partial charge in [0, 0.05) is 64.5 Å². The maximum Gasteiger partial charge on any atom is 0.254 e. The van der Waals surface area contributed by atoms with Crippen molar-refractivity contribution in [3.63, 3.8) is 0 Å². The Morgan fingerprint density at radius 1 is 1.06 bits per heavy atom. The Morgan fingerprint density at radius 3 is 2.44 bits per heavy atom. The quantitative estimate of drug-likeness (QED) is 0.649. The van der Waals surface area contributed by atoms with Gasteiger partial charge in [-0.2, -0.15) is 0 Å². The van der Waals surface area contributed by atoms with E-state index in [1.54, 1.807) is 7.11 Å². The van der Waals surface area contributed by atoms with E-state index in [9.17, 15) is 9.59 Å². The molecule has 2 unspecified atom stereocenters. The zero-order valence-corrected chi connectivity index (χ0v) is 20.3. The molecule has 0 spiro atoms. The first-order valence-electron chi connectivity index (χ1n) is 12.2. The maximum absolute atomic E-state index is 13.6. The Bertz CT molecular complexity index is 944. The van der Waals surface area contributed by atoms with Crippen molar-refractivity contribution in [3.05, 3.63) is 71.3 Å². The van der Waals surface area contributed by atoms with Crippen molar-refractivity contribution in [2.75, 3.05) is 53.0 Å². The second kappa shape index (κ2) is 11.6. The van der Waals surface area contributed by atoms with Crippen LogP contribution in [-0.4, -0.2) is 91.6 Å². The lowest BCUT2D eigenvalue weighted by atomic mass is 10.1. The number of rotatable bonds is 8. The molecule has 182 valence electrons. The normalized spacial score (nSPS) is 20.7. The summed E-state index contributed by atoms with van der Waals surface area (Å²) in [5, 5.41) is 3.31. The van der Waals surface area contributed by atoms with E-state index >= 15 is 0 Å². The molecule has 0 radical (unpaired) electrons. The van der Waals surface area contributed by atoms with Gasteiger partial charge in [-0.3, -0.25) is 14.5 Å². The smallest absolute Gasteiger partial charge is 0.254 e. The highest BCUT2D eigenvalue weighted by Crippen LogP contribution is 2.27. The molecule has 2 aliphatic heterocycles. The van der Waals surface area contributed by atoms with Crippen LogP contribution >= 0.6 is 0 Å². The van der Waals surface area contributed by atoms with Crippen molar-refractivity contribution in [2.24, 2.45) is 0 Å². The number of methoxy groups -OCH3 is 1. The van der Waals surface area contributed by atoms with E-state index < -0.39 is 6.04 Å². The van der Waals surface area contributed by atoms with Gasteiger partial charge in [0.05, 0.1) is 6.61 Å². The van der Waals surface area contributed by atoms with E-state index in [2.05, 4.69) is 22.3 Å². The van der Waals surface area contributed by atoms with Crippen LogP contribution in [0.1, 0.15) is 27.9 Å². The van der Waals surface area contributed by atoms with E-state index in [0.717, 1.165) is 31.7 Å². The highest BCUT2D eigenvalue weighted by Gasteiger charge is 2.43. The van der Waals surface area contributed by atoms with Crippen LogP contribution in [0.15, 0.2) is 54.6 Å². The van der Waals surface area contributed by atoms with Gasteiger partial charge in [0.1, 0.15) is 6.04 Å². The summed E-state index contributed by atoms with van der Waals surface area (Å²) in [7, 11) is 1.71. The zero-order chi connectivity index (χ0) is 23.9.